The molecule has 2 amide bonds. The minimum absolute atomic E-state index is 0.0685. The summed E-state index contributed by atoms with van der Waals surface area (Å²) in [4.78, 5) is 42.0. The Morgan fingerprint density at radius 2 is 1.90 bits per heavy atom. The van der Waals surface area contributed by atoms with E-state index < -0.39 is 24.3 Å². The number of hydrogen-bond donors (Lipinski definition) is 0. The van der Waals surface area contributed by atoms with Crippen LogP contribution in [0, 0.1) is 0 Å². The predicted octanol–water partition coefficient (Wildman–Crippen LogP) is 2.57. The van der Waals surface area contributed by atoms with Gasteiger partial charge in [-0.05, 0) is 23.6 Å². The summed E-state index contributed by atoms with van der Waals surface area (Å²) < 4.78 is 10.2. The number of imide groups is 1. The number of benzene rings is 2. The third kappa shape index (κ3) is 3.98. The summed E-state index contributed by atoms with van der Waals surface area (Å²) in [7, 11) is 0. The Morgan fingerprint density at radius 1 is 1.13 bits per heavy atom. The van der Waals surface area contributed by atoms with E-state index in [-0.39, 0.29) is 18.9 Å². The molecule has 0 saturated heterocycles. The fourth-order valence-corrected chi connectivity index (χ4v) is 3.20. The van der Waals surface area contributed by atoms with Crippen molar-refractivity contribution in [1.82, 2.24) is 15.0 Å². The zero-order valence-corrected chi connectivity index (χ0v) is 16.3. The molecule has 0 fully saturated rings. The molecule has 0 unspecified atom stereocenters. The lowest BCUT2D eigenvalue weighted by Crippen LogP contribution is -2.45. The van der Waals surface area contributed by atoms with Crippen LogP contribution in [0.4, 0.5) is 0 Å². The molecule has 1 aliphatic heterocycles. The highest BCUT2D eigenvalue weighted by Gasteiger charge is 2.32. The van der Waals surface area contributed by atoms with Gasteiger partial charge in [-0.15, -0.1) is 0 Å². The summed E-state index contributed by atoms with van der Waals surface area (Å²) in [5.41, 5.74) is 3.06. The van der Waals surface area contributed by atoms with E-state index in [1.54, 1.807) is 24.3 Å². The van der Waals surface area contributed by atoms with Crippen LogP contribution >= 0.6 is 0 Å². The Labute approximate surface area is 172 Å². The molecule has 8 heteroatoms. The van der Waals surface area contributed by atoms with Gasteiger partial charge in [0.1, 0.15) is 6.54 Å². The number of aryl methyl sites for hydroxylation is 1. The van der Waals surface area contributed by atoms with Crippen molar-refractivity contribution in [3.63, 3.8) is 0 Å². The van der Waals surface area contributed by atoms with Crippen LogP contribution in [0.3, 0.4) is 0 Å². The lowest BCUT2D eigenvalue weighted by atomic mass is 9.98. The first-order chi connectivity index (χ1) is 14.5. The number of hydrogen-bond acceptors (Lipinski definition) is 7. The van der Waals surface area contributed by atoms with Gasteiger partial charge in [0, 0.05) is 11.1 Å². The zero-order chi connectivity index (χ0) is 21.1. The van der Waals surface area contributed by atoms with E-state index in [4.69, 9.17) is 9.26 Å². The van der Waals surface area contributed by atoms with Crippen molar-refractivity contribution in [3.05, 3.63) is 71.1 Å². The van der Waals surface area contributed by atoms with Crippen LogP contribution in [-0.2, 0) is 33.8 Å². The molecule has 0 saturated carbocycles. The second-order valence-corrected chi connectivity index (χ2v) is 6.84. The maximum atomic E-state index is 12.5. The maximum Gasteiger partial charge on any atom is 0.326 e. The van der Waals surface area contributed by atoms with E-state index in [2.05, 4.69) is 17.1 Å². The van der Waals surface area contributed by atoms with Crippen LogP contribution in [0.2, 0.25) is 0 Å². The molecule has 3 aromatic rings. The van der Waals surface area contributed by atoms with E-state index in [0.29, 0.717) is 17.0 Å². The first-order valence-corrected chi connectivity index (χ1v) is 9.55. The fourth-order valence-electron chi connectivity index (χ4n) is 3.20. The average molecular weight is 405 g/mol. The number of ether oxygens (including phenoxy) is 1. The minimum Gasteiger partial charge on any atom is -0.454 e. The molecule has 0 bridgehead atoms. The molecule has 0 aliphatic carbocycles. The number of carbonyl (C=O) groups excluding carboxylic acids is 3. The number of aromatic nitrogens is 2. The molecule has 2 heterocycles. The normalized spacial score (nSPS) is 13.3. The molecule has 30 heavy (non-hydrogen) atoms. The van der Waals surface area contributed by atoms with Gasteiger partial charge < -0.3 is 9.26 Å². The summed E-state index contributed by atoms with van der Waals surface area (Å²) in [5.74, 6) is -1.16. The van der Waals surface area contributed by atoms with Crippen LogP contribution in [0.1, 0.15) is 34.3 Å². The molecular formula is C22H19N3O5. The van der Waals surface area contributed by atoms with Gasteiger partial charge in [0.25, 0.3) is 11.8 Å². The molecule has 0 radical (unpaired) electrons. The largest absolute Gasteiger partial charge is 0.454 e. The SMILES string of the molecule is CCc1ccc(-c2noc(COC(=O)CN3C(=O)Cc4ccccc4C3=O)n2)cc1. The first-order valence-electron chi connectivity index (χ1n) is 9.55. The third-order valence-corrected chi connectivity index (χ3v) is 4.87. The van der Waals surface area contributed by atoms with Crippen molar-refractivity contribution in [2.75, 3.05) is 6.54 Å². The van der Waals surface area contributed by atoms with Gasteiger partial charge in [0.15, 0.2) is 6.61 Å². The Balaban J connectivity index is 1.36. The van der Waals surface area contributed by atoms with Gasteiger partial charge in [-0.25, -0.2) is 0 Å². The monoisotopic (exact) mass is 405 g/mol. The molecular weight excluding hydrogens is 386 g/mol. The quantitative estimate of drug-likeness (QED) is 0.459. The third-order valence-electron chi connectivity index (χ3n) is 4.87. The topological polar surface area (TPSA) is 103 Å². The van der Waals surface area contributed by atoms with Crippen molar-refractivity contribution < 1.29 is 23.6 Å². The van der Waals surface area contributed by atoms with Crippen molar-refractivity contribution in [3.8, 4) is 11.4 Å². The van der Waals surface area contributed by atoms with Gasteiger partial charge in [-0.1, -0.05) is 54.5 Å². The van der Waals surface area contributed by atoms with Crippen molar-refractivity contribution in [2.24, 2.45) is 0 Å². The zero-order valence-electron chi connectivity index (χ0n) is 16.3. The number of carbonyl (C=O) groups is 3. The Kier molecular flexibility index (Phi) is 5.38. The lowest BCUT2D eigenvalue weighted by Gasteiger charge is -2.25. The summed E-state index contributed by atoms with van der Waals surface area (Å²) in [5, 5.41) is 3.89. The smallest absolute Gasteiger partial charge is 0.326 e. The van der Waals surface area contributed by atoms with Gasteiger partial charge in [0.05, 0.1) is 6.42 Å². The van der Waals surface area contributed by atoms with Gasteiger partial charge in [-0.2, -0.15) is 4.98 Å². The summed E-state index contributed by atoms with van der Waals surface area (Å²) in [6.07, 6.45) is 1.00. The molecule has 152 valence electrons. The van der Waals surface area contributed by atoms with E-state index in [1.165, 1.54) is 5.56 Å². The van der Waals surface area contributed by atoms with Crippen LogP contribution in [0.15, 0.2) is 53.1 Å². The van der Waals surface area contributed by atoms with E-state index in [9.17, 15) is 14.4 Å². The highest BCUT2D eigenvalue weighted by Crippen LogP contribution is 2.20. The van der Waals surface area contributed by atoms with Crippen LogP contribution in [-0.4, -0.2) is 39.4 Å². The molecule has 8 nitrogen and oxygen atoms in total. The molecule has 0 N–H and O–H groups in total. The molecule has 1 aliphatic rings. The summed E-state index contributed by atoms with van der Waals surface area (Å²) in [6, 6.07) is 14.6. The number of rotatable bonds is 6. The highest BCUT2D eigenvalue weighted by molar-refractivity contribution is 6.11. The average Bonchev–Trinajstić information content (AvgIpc) is 3.24. The Hall–Kier alpha value is -3.81. The second kappa shape index (κ2) is 8.28. The number of fused-ring (bicyclic) bond motifs is 1. The van der Waals surface area contributed by atoms with Crippen LogP contribution < -0.4 is 0 Å². The van der Waals surface area contributed by atoms with Gasteiger partial charge >= 0.3 is 5.97 Å². The summed E-state index contributed by atoms with van der Waals surface area (Å²) in [6.45, 7) is 1.36. The first kappa shape index (κ1) is 19.5. The molecule has 4 rings (SSSR count). The standard InChI is InChI=1S/C22H19N3O5/c1-2-14-7-9-15(10-8-14)21-23-18(30-24-21)13-29-20(27)12-25-19(26)11-16-5-3-4-6-17(16)22(25)28/h3-10H,2,11-13H2,1H3. The van der Waals surface area contributed by atoms with E-state index in [1.807, 2.05) is 24.3 Å². The second-order valence-electron chi connectivity index (χ2n) is 6.84. The summed E-state index contributed by atoms with van der Waals surface area (Å²) >= 11 is 0. The molecule has 2 aromatic carbocycles. The maximum absolute atomic E-state index is 12.5. The minimum atomic E-state index is -0.733. The van der Waals surface area contributed by atoms with Gasteiger partial charge in [0.2, 0.25) is 11.7 Å². The van der Waals surface area contributed by atoms with Crippen molar-refractivity contribution in [2.45, 2.75) is 26.4 Å². The number of amides is 2. The number of esters is 1. The molecule has 0 spiro atoms. The van der Waals surface area contributed by atoms with Crippen molar-refractivity contribution >= 4 is 17.8 Å². The van der Waals surface area contributed by atoms with E-state index in [0.717, 1.165) is 16.9 Å². The number of nitrogens with zero attached hydrogens (tertiary/aromatic N) is 3. The fraction of sp³-hybridized carbons (Fsp3) is 0.227. The molecule has 1 aromatic heterocycles. The highest BCUT2D eigenvalue weighted by atomic mass is 16.6. The van der Waals surface area contributed by atoms with Gasteiger partial charge in [-0.3, -0.25) is 19.3 Å². The van der Waals surface area contributed by atoms with Crippen LogP contribution in [0.25, 0.3) is 11.4 Å². The lowest BCUT2D eigenvalue weighted by molar-refractivity contribution is -0.149. The molecule has 0 atom stereocenters. The van der Waals surface area contributed by atoms with Crippen LogP contribution in [0.5, 0.6) is 0 Å². The Morgan fingerprint density at radius 3 is 2.67 bits per heavy atom. The van der Waals surface area contributed by atoms with Crippen molar-refractivity contribution in [1.29, 1.82) is 0 Å². The predicted molar refractivity (Wildman–Crippen MR) is 105 cm³/mol. The van der Waals surface area contributed by atoms with E-state index >= 15 is 0 Å². The Bertz CT molecular complexity index is 1100.